The maximum atomic E-state index is 5.77. The summed E-state index contributed by atoms with van der Waals surface area (Å²) in [4.78, 5) is 0. The molecule has 88 valence electrons. The van der Waals surface area contributed by atoms with Crippen LogP contribution in [-0.4, -0.2) is 17.3 Å². The predicted molar refractivity (Wildman–Crippen MR) is 69.9 cm³/mol. The number of nitrogens with two attached hydrogens (primary N) is 1. The predicted octanol–water partition coefficient (Wildman–Crippen LogP) is 2.42. The molecule has 0 aliphatic heterocycles. The molecule has 0 saturated carbocycles. The van der Waals surface area contributed by atoms with Crippen molar-refractivity contribution in [1.82, 2.24) is 10.2 Å². The van der Waals surface area contributed by atoms with Crippen LogP contribution in [0.25, 0.3) is 0 Å². The first-order valence-corrected chi connectivity index (χ1v) is 5.89. The average molecular weight is 294 g/mol. The zero-order valence-electron chi connectivity index (χ0n) is 9.35. The highest BCUT2D eigenvalue weighted by atomic mass is 79.9. The van der Waals surface area contributed by atoms with Crippen molar-refractivity contribution in [2.45, 2.75) is 6.42 Å². The van der Waals surface area contributed by atoms with E-state index in [-0.39, 0.29) is 0 Å². The Morgan fingerprint density at radius 1 is 1.24 bits per heavy atom. The van der Waals surface area contributed by atoms with Gasteiger partial charge in [0.05, 0.1) is 18.5 Å². The summed E-state index contributed by atoms with van der Waals surface area (Å²) in [7, 11) is 1.52. The molecule has 2 aromatic rings. The lowest BCUT2D eigenvalue weighted by Gasteiger charge is -2.05. The number of aromatic nitrogens is 2. The Labute approximate surface area is 108 Å². The summed E-state index contributed by atoms with van der Waals surface area (Å²) in [5.41, 5.74) is 8.27. The van der Waals surface area contributed by atoms with E-state index in [9.17, 15) is 0 Å². The number of halogens is 1. The van der Waals surface area contributed by atoms with Gasteiger partial charge < -0.3 is 10.5 Å². The van der Waals surface area contributed by atoms with Crippen LogP contribution in [0, 0.1) is 0 Å². The van der Waals surface area contributed by atoms with Gasteiger partial charge in [-0.15, -0.1) is 5.10 Å². The van der Waals surface area contributed by atoms with Crippen molar-refractivity contribution in [3.8, 4) is 5.88 Å². The SMILES string of the molecule is COc1nnc(Cc2ccc(Br)cc2)cc1N. The Hall–Kier alpha value is -1.62. The van der Waals surface area contributed by atoms with Crippen LogP contribution in [0.4, 0.5) is 5.69 Å². The van der Waals surface area contributed by atoms with Crippen LogP contribution in [0.3, 0.4) is 0 Å². The molecule has 0 bridgehead atoms. The smallest absolute Gasteiger partial charge is 0.256 e. The number of nitrogens with zero attached hydrogens (tertiary/aromatic N) is 2. The van der Waals surface area contributed by atoms with E-state index in [2.05, 4.69) is 26.1 Å². The van der Waals surface area contributed by atoms with E-state index in [0.717, 1.165) is 15.7 Å². The van der Waals surface area contributed by atoms with E-state index in [4.69, 9.17) is 10.5 Å². The van der Waals surface area contributed by atoms with E-state index in [1.807, 2.05) is 24.3 Å². The topological polar surface area (TPSA) is 61.0 Å². The monoisotopic (exact) mass is 293 g/mol. The standard InChI is InChI=1S/C12H12BrN3O/c1-17-12-11(14)7-10(15-16-12)6-8-2-4-9(13)5-3-8/h2-5,7H,6H2,1H3,(H2,14,15). The average Bonchev–Trinajstić information content (AvgIpc) is 2.32. The fourth-order valence-corrected chi connectivity index (χ4v) is 1.76. The van der Waals surface area contributed by atoms with Crippen molar-refractivity contribution in [3.05, 3.63) is 46.1 Å². The molecule has 0 unspecified atom stereocenters. The number of rotatable bonds is 3. The molecule has 4 nitrogen and oxygen atoms in total. The number of anilines is 1. The first-order valence-electron chi connectivity index (χ1n) is 5.09. The van der Waals surface area contributed by atoms with E-state index >= 15 is 0 Å². The molecule has 0 fully saturated rings. The molecule has 17 heavy (non-hydrogen) atoms. The minimum absolute atomic E-state index is 0.365. The number of ether oxygens (including phenoxy) is 1. The van der Waals surface area contributed by atoms with E-state index < -0.39 is 0 Å². The highest BCUT2D eigenvalue weighted by molar-refractivity contribution is 9.10. The molecule has 0 aliphatic rings. The van der Waals surface area contributed by atoms with Gasteiger partial charge in [0.1, 0.15) is 0 Å². The third-order valence-corrected chi connectivity index (χ3v) is 2.86. The fourth-order valence-electron chi connectivity index (χ4n) is 1.49. The highest BCUT2D eigenvalue weighted by Gasteiger charge is 2.04. The summed E-state index contributed by atoms with van der Waals surface area (Å²) in [5, 5.41) is 7.97. The quantitative estimate of drug-likeness (QED) is 0.944. The van der Waals surface area contributed by atoms with Gasteiger partial charge in [-0.2, -0.15) is 5.10 Å². The molecule has 2 N–H and O–H groups in total. The minimum Gasteiger partial charge on any atom is -0.478 e. The molecule has 5 heteroatoms. The maximum Gasteiger partial charge on any atom is 0.256 e. The lowest BCUT2D eigenvalue weighted by atomic mass is 10.1. The molecule has 1 heterocycles. The van der Waals surface area contributed by atoms with Gasteiger partial charge in [0.15, 0.2) is 0 Å². The van der Waals surface area contributed by atoms with Gasteiger partial charge in [0.25, 0.3) is 5.88 Å². The summed E-state index contributed by atoms with van der Waals surface area (Å²) in [5.74, 6) is 0.365. The second-order valence-corrected chi connectivity index (χ2v) is 4.52. The second-order valence-electron chi connectivity index (χ2n) is 3.60. The molecule has 0 atom stereocenters. The third kappa shape index (κ3) is 2.94. The molecule has 2 rings (SSSR count). The van der Waals surface area contributed by atoms with Crippen LogP contribution < -0.4 is 10.5 Å². The number of benzene rings is 1. The third-order valence-electron chi connectivity index (χ3n) is 2.33. The molecule has 0 amide bonds. The number of nitrogen functional groups attached to an aromatic ring is 1. The summed E-state index contributed by atoms with van der Waals surface area (Å²) in [6.07, 6.45) is 0.703. The molecule has 0 radical (unpaired) electrons. The van der Waals surface area contributed by atoms with E-state index in [1.165, 1.54) is 7.11 Å². The Bertz CT molecular complexity index is 514. The summed E-state index contributed by atoms with van der Waals surface area (Å²) in [6.45, 7) is 0. The molecule has 0 spiro atoms. The molecule has 0 saturated heterocycles. The zero-order valence-corrected chi connectivity index (χ0v) is 10.9. The fraction of sp³-hybridized carbons (Fsp3) is 0.167. The van der Waals surface area contributed by atoms with Gasteiger partial charge in [0, 0.05) is 10.9 Å². The Kier molecular flexibility index (Phi) is 3.58. The van der Waals surface area contributed by atoms with Crippen LogP contribution in [0.15, 0.2) is 34.8 Å². The Balaban J connectivity index is 2.19. The van der Waals surface area contributed by atoms with Gasteiger partial charge in [-0.3, -0.25) is 0 Å². The highest BCUT2D eigenvalue weighted by Crippen LogP contribution is 2.18. The number of methoxy groups -OCH3 is 1. The van der Waals surface area contributed by atoms with Gasteiger partial charge in [0.2, 0.25) is 0 Å². The van der Waals surface area contributed by atoms with Gasteiger partial charge >= 0.3 is 0 Å². The van der Waals surface area contributed by atoms with Crippen molar-refractivity contribution >= 4 is 21.6 Å². The zero-order chi connectivity index (χ0) is 12.3. The van der Waals surface area contributed by atoms with Crippen molar-refractivity contribution < 1.29 is 4.74 Å². The van der Waals surface area contributed by atoms with E-state index in [1.54, 1.807) is 6.07 Å². The Morgan fingerprint density at radius 3 is 2.53 bits per heavy atom. The molecular weight excluding hydrogens is 282 g/mol. The van der Waals surface area contributed by atoms with Crippen LogP contribution in [-0.2, 0) is 6.42 Å². The van der Waals surface area contributed by atoms with Gasteiger partial charge in [-0.1, -0.05) is 28.1 Å². The van der Waals surface area contributed by atoms with Crippen molar-refractivity contribution in [2.24, 2.45) is 0 Å². The normalized spacial score (nSPS) is 10.2. The largest absolute Gasteiger partial charge is 0.478 e. The van der Waals surface area contributed by atoms with Crippen LogP contribution in [0.2, 0.25) is 0 Å². The number of hydrogen-bond donors (Lipinski definition) is 1. The first-order chi connectivity index (χ1) is 8.19. The Morgan fingerprint density at radius 2 is 1.94 bits per heavy atom. The van der Waals surface area contributed by atoms with E-state index in [0.29, 0.717) is 18.0 Å². The summed E-state index contributed by atoms with van der Waals surface area (Å²) in [6, 6.07) is 9.84. The number of hydrogen-bond acceptors (Lipinski definition) is 4. The minimum atomic E-state index is 0.365. The lowest BCUT2D eigenvalue weighted by Crippen LogP contribution is -2.01. The van der Waals surface area contributed by atoms with Crippen molar-refractivity contribution in [1.29, 1.82) is 0 Å². The maximum absolute atomic E-state index is 5.77. The lowest BCUT2D eigenvalue weighted by molar-refractivity contribution is 0.393. The molecule has 0 aliphatic carbocycles. The van der Waals surface area contributed by atoms with Crippen molar-refractivity contribution in [2.75, 3.05) is 12.8 Å². The molecule has 1 aromatic carbocycles. The first kappa shape index (κ1) is 11.9. The summed E-state index contributed by atoms with van der Waals surface area (Å²) >= 11 is 3.40. The summed E-state index contributed by atoms with van der Waals surface area (Å²) < 4.78 is 6.02. The second kappa shape index (κ2) is 5.14. The van der Waals surface area contributed by atoms with Crippen molar-refractivity contribution in [3.63, 3.8) is 0 Å². The van der Waals surface area contributed by atoms with Gasteiger partial charge in [-0.05, 0) is 23.8 Å². The van der Waals surface area contributed by atoms with Gasteiger partial charge in [-0.25, -0.2) is 0 Å². The van der Waals surface area contributed by atoms with Crippen LogP contribution in [0.1, 0.15) is 11.3 Å². The van der Waals surface area contributed by atoms with Crippen LogP contribution >= 0.6 is 15.9 Å². The molecular formula is C12H12BrN3O. The van der Waals surface area contributed by atoms with Crippen LogP contribution in [0.5, 0.6) is 5.88 Å². The molecule has 1 aromatic heterocycles.